The van der Waals surface area contributed by atoms with Gasteiger partial charge >= 0.3 is 0 Å². The van der Waals surface area contributed by atoms with Crippen molar-refractivity contribution in [1.29, 1.82) is 0 Å². The third kappa shape index (κ3) is 4.07. The molecule has 0 aliphatic rings. The minimum Gasteiger partial charge on any atom is -0.476 e. The summed E-state index contributed by atoms with van der Waals surface area (Å²) in [6.07, 6.45) is 4.42. The summed E-state index contributed by atoms with van der Waals surface area (Å²) in [5, 5.41) is 3.26. The lowest BCUT2D eigenvalue weighted by molar-refractivity contribution is 0.305. The van der Waals surface area contributed by atoms with Gasteiger partial charge < -0.3 is 15.8 Å². The van der Waals surface area contributed by atoms with E-state index >= 15 is 0 Å². The van der Waals surface area contributed by atoms with Crippen molar-refractivity contribution in [2.45, 2.75) is 39.7 Å². The highest BCUT2D eigenvalue weighted by Gasteiger charge is 2.15. The number of aromatic nitrogens is 3. The van der Waals surface area contributed by atoms with Crippen molar-refractivity contribution < 1.29 is 4.74 Å². The summed E-state index contributed by atoms with van der Waals surface area (Å²) in [6, 6.07) is 3.89. The van der Waals surface area contributed by atoms with Gasteiger partial charge in [-0.2, -0.15) is 4.98 Å². The van der Waals surface area contributed by atoms with Crippen LogP contribution in [0.2, 0.25) is 0 Å². The second-order valence-electron chi connectivity index (χ2n) is 5.36. The van der Waals surface area contributed by atoms with E-state index in [2.05, 4.69) is 20.3 Å². The fourth-order valence-corrected chi connectivity index (χ4v) is 1.85. The monoisotopic (exact) mass is 301 g/mol. The fraction of sp³-hybridized carbons (Fsp3) is 0.438. The lowest BCUT2D eigenvalue weighted by atomic mass is 10.2. The number of nitrogens with one attached hydrogen (secondary N) is 1. The number of nitrogens with two attached hydrogens (primary N) is 1. The Kier molecular flexibility index (Phi) is 5.52. The molecule has 0 saturated carbocycles. The van der Waals surface area contributed by atoms with Gasteiger partial charge in [-0.15, -0.1) is 0 Å². The third-order valence-electron chi connectivity index (χ3n) is 3.10. The second kappa shape index (κ2) is 7.59. The fourth-order valence-electron chi connectivity index (χ4n) is 1.85. The molecule has 0 aliphatic carbocycles. The molecule has 2 heterocycles. The molecule has 6 nitrogen and oxygen atoms in total. The topological polar surface area (TPSA) is 86.0 Å². The molecule has 3 N–H and O–H groups in total. The summed E-state index contributed by atoms with van der Waals surface area (Å²) < 4.78 is 5.64. The summed E-state index contributed by atoms with van der Waals surface area (Å²) in [5.41, 5.74) is 7.69. The number of pyridine rings is 1. The van der Waals surface area contributed by atoms with Gasteiger partial charge in [0.05, 0.1) is 6.61 Å². The van der Waals surface area contributed by atoms with Crippen molar-refractivity contribution in [2.24, 2.45) is 0 Å². The highest BCUT2D eigenvalue weighted by molar-refractivity contribution is 5.67. The summed E-state index contributed by atoms with van der Waals surface area (Å²) in [7, 11) is 0. The first-order valence-electron chi connectivity index (χ1n) is 7.54. The van der Waals surface area contributed by atoms with Gasteiger partial charge in [-0.3, -0.25) is 4.98 Å². The average molecular weight is 301 g/mol. The van der Waals surface area contributed by atoms with Crippen LogP contribution >= 0.6 is 0 Å². The van der Waals surface area contributed by atoms with Gasteiger partial charge in [0.2, 0.25) is 5.88 Å². The van der Waals surface area contributed by atoms with Crippen LogP contribution in [0.4, 0.5) is 11.5 Å². The molecule has 0 unspecified atom stereocenters. The molecule has 118 valence electrons. The van der Waals surface area contributed by atoms with Gasteiger partial charge in [-0.1, -0.05) is 20.8 Å². The van der Waals surface area contributed by atoms with E-state index in [0.717, 1.165) is 17.8 Å². The van der Waals surface area contributed by atoms with Crippen LogP contribution in [0, 0.1) is 0 Å². The van der Waals surface area contributed by atoms with Crippen LogP contribution < -0.4 is 15.8 Å². The molecule has 6 heteroatoms. The number of anilines is 2. The summed E-state index contributed by atoms with van der Waals surface area (Å²) >= 11 is 0. The van der Waals surface area contributed by atoms with Gasteiger partial charge in [0, 0.05) is 24.9 Å². The summed E-state index contributed by atoms with van der Waals surface area (Å²) in [5.74, 6) is 1.99. The maximum Gasteiger partial charge on any atom is 0.242 e. The van der Waals surface area contributed by atoms with Gasteiger partial charge in [-0.25, -0.2) is 4.98 Å². The Labute approximate surface area is 131 Å². The number of hydrogen-bond donors (Lipinski definition) is 2. The van der Waals surface area contributed by atoms with Crippen LogP contribution in [-0.4, -0.2) is 21.6 Å². The van der Waals surface area contributed by atoms with Crippen LogP contribution in [0.3, 0.4) is 0 Å². The molecular formula is C16H23N5O. The van der Waals surface area contributed by atoms with Crippen molar-refractivity contribution in [3.05, 3.63) is 35.9 Å². The van der Waals surface area contributed by atoms with Crippen LogP contribution in [0.1, 0.15) is 44.5 Å². The predicted molar refractivity (Wildman–Crippen MR) is 87.9 cm³/mol. The Morgan fingerprint density at radius 1 is 1.23 bits per heavy atom. The molecule has 0 radical (unpaired) electrons. The normalized spacial score (nSPS) is 10.7. The molecule has 0 aliphatic heterocycles. The Morgan fingerprint density at radius 2 is 1.95 bits per heavy atom. The van der Waals surface area contributed by atoms with E-state index in [1.165, 1.54) is 0 Å². The zero-order valence-corrected chi connectivity index (χ0v) is 13.3. The van der Waals surface area contributed by atoms with E-state index < -0.39 is 0 Å². The van der Waals surface area contributed by atoms with E-state index in [4.69, 9.17) is 10.5 Å². The van der Waals surface area contributed by atoms with Crippen molar-refractivity contribution in [3.8, 4) is 5.88 Å². The van der Waals surface area contributed by atoms with Gasteiger partial charge in [0.25, 0.3) is 0 Å². The standard InChI is InChI=1S/C16H23N5O/c1-4-9-22-16-13(17)15(20-14(21-16)11(2)3)19-10-12-5-7-18-8-6-12/h5-8,11H,4,9-10,17H2,1-3H3,(H,19,20,21). The Bertz CT molecular complexity index is 601. The predicted octanol–water partition coefficient (Wildman–Crippen LogP) is 2.98. The van der Waals surface area contributed by atoms with Crippen molar-refractivity contribution in [2.75, 3.05) is 17.7 Å². The number of nitrogens with zero attached hydrogens (tertiary/aromatic N) is 3. The first kappa shape index (κ1) is 16.0. The zero-order valence-electron chi connectivity index (χ0n) is 13.3. The molecule has 0 saturated heterocycles. The molecule has 2 aromatic rings. The first-order valence-corrected chi connectivity index (χ1v) is 7.54. The maximum atomic E-state index is 6.13. The lowest BCUT2D eigenvalue weighted by Gasteiger charge is -2.15. The van der Waals surface area contributed by atoms with Gasteiger partial charge in [-0.05, 0) is 24.1 Å². The number of rotatable bonds is 7. The quantitative estimate of drug-likeness (QED) is 0.817. The maximum absolute atomic E-state index is 6.13. The van der Waals surface area contributed by atoms with Crippen molar-refractivity contribution in [3.63, 3.8) is 0 Å². The van der Waals surface area contributed by atoms with E-state index in [9.17, 15) is 0 Å². The lowest BCUT2D eigenvalue weighted by Crippen LogP contribution is -2.12. The third-order valence-corrected chi connectivity index (χ3v) is 3.10. The minimum absolute atomic E-state index is 0.200. The van der Waals surface area contributed by atoms with Crippen LogP contribution in [0.5, 0.6) is 5.88 Å². The molecule has 0 spiro atoms. The molecule has 0 aromatic carbocycles. The SMILES string of the molecule is CCCOc1nc(C(C)C)nc(NCc2ccncc2)c1N. The first-order chi connectivity index (χ1) is 10.6. The van der Waals surface area contributed by atoms with Crippen LogP contribution in [0.25, 0.3) is 0 Å². The number of nitrogen functional groups attached to an aromatic ring is 1. The molecule has 0 fully saturated rings. The molecule has 0 bridgehead atoms. The molecular weight excluding hydrogens is 278 g/mol. The van der Waals surface area contributed by atoms with Crippen LogP contribution in [0.15, 0.2) is 24.5 Å². The number of hydrogen-bond acceptors (Lipinski definition) is 6. The van der Waals surface area contributed by atoms with E-state index in [1.54, 1.807) is 12.4 Å². The largest absolute Gasteiger partial charge is 0.476 e. The number of ether oxygens (including phenoxy) is 1. The average Bonchev–Trinajstić information content (AvgIpc) is 2.53. The van der Waals surface area contributed by atoms with Gasteiger partial charge in [0.15, 0.2) is 5.82 Å². The molecule has 2 rings (SSSR count). The van der Waals surface area contributed by atoms with Crippen molar-refractivity contribution in [1.82, 2.24) is 15.0 Å². The second-order valence-corrected chi connectivity index (χ2v) is 5.36. The van der Waals surface area contributed by atoms with Crippen LogP contribution in [-0.2, 0) is 6.54 Å². The highest BCUT2D eigenvalue weighted by Crippen LogP contribution is 2.28. The smallest absolute Gasteiger partial charge is 0.242 e. The molecule has 22 heavy (non-hydrogen) atoms. The molecule has 0 amide bonds. The van der Waals surface area contributed by atoms with E-state index in [1.807, 2.05) is 32.9 Å². The minimum atomic E-state index is 0.200. The summed E-state index contributed by atoms with van der Waals surface area (Å²) in [4.78, 5) is 12.9. The van der Waals surface area contributed by atoms with E-state index in [0.29, 0.717) is 30.5 Å². The van der Waals surface area contributed by atoms with E-state index in [-0.39, 0.29) is 5.92 Å². The van der Waals surface area contributed by atoms with Gasteiger partial charge in [0.1, 0.15) is 11.5 Å². The highest BCUT2D eigenvalue weighted by atomic mass is 16.5. The zero-order chi connectivity index (χ0) is 15.9. The molecule has 0 atom stereocenters. The Hall–Kier alpha value is -2.37. The Balaban J connectivity index is 2.22. The summed E-state index contributed by atoms with van der Waals surface area (Å²) in [6.45, 7) is 7.34. The van der Waals surface area contributed by atoms with Crippen molar-refractivity contribution >= 4 is 11.5 Å². The Morgan fingerprint density at radius 3 is 2.59 bits per heavy atom. The molecule has 2 aromatic heterocycles.